The molecule has 1 unspecified atom stereocenters. The number of rotatable bonds is 6. The van der Waals surface area contributed by atoms with Crippen molar-refractivity contribution in [2.75, 3.05) is 14.2 Å². The Labute approximate surface area is 110 Å². The first kappa shape index (κ1) is 15.1. The van der Waals surface area contributed by atoms with Crippen molar-refractivity contribution in [2.45, 2.75) is 45.3 Å². The van der Waals surface area contributed by atoms with Gasteiger partial charge >= 0.3 is 0 Å². The maximum Gasteiger partial charge on any atom is 0.123 e. The number of halogens is 1. The molecule has 0 bridgehead atoms. The van der Waals surface area contributed by atoms with Crippen LogP contribution in [0.25, 0.3) is 0 Å². The lowest BCUT2D eigenvalue weighted by atomic mass is 9.92. The number of likely N-dealkylation sites (N-methyl/N-ethyl adjacent to an activating group) is 1. The summed E-state index contributed by atoms with van der Waals surface area (Å²) in [7, 11) is 3.69. The number of nitrogens with one attached hydrogen (secondary N) is 1. The molecule has 0 saturated carbocycles. The molecule has 0 aliphatic heterocycles. The van der Waals surface area contributed by atoms with Crippen molar-refractivity contribution in [3.8, 4) is 0 Å². The van der Waals surface area contributed by atoms with Gasteiger partial charge in [0.25, 0.3) is 0 Å². The third kappa shape index (κ3) is 4.39. The van der Waals surface area contributed by atoms with E-state index in [1.807, 2.05) is 20.0 Å². The minimum atomic E-state index is -0.172. The Morgan fingerprint density at radius 3 is 2.56 bits per heavy atom. The summed E-state index contributed by atoms with van der Waals surface area (Å²) in [5.41, 5.74) is 2.04. The van der Waals surface area contributed by atoms with E-state index in [-0.39, 0.29) is 11.4 Å². The standard InChI is InChI=1S/C15H24FNO/c1-11-8-13(16)7-6-12(11)9-14(17-4)10-15(2,3)18-5/h6-8,14,17H,9-10H2,1-5H3. The zero-order valence-corrected chi connectivity index (χ0v) is 12.0. The van der Waals surface area contributed by atoms with E-state index < -0.39 is 0 Å². The Morgan fingerprint density at radius 2 is 2.06 bits per heavy atom. The SMILES string of the molecule is CNC(Cc1ccc(F)cc1C)CC(C)(C)OC. The van der Waals surface area contributed by atoms with E-state index in [1.54, 1.807) is 13.2 Å². The highest BCUT2D eigenvalue weighted by Crippen LogP contribution is 2.19. The van der Waals surface area contributed by atoms with E-state index in [0.29, 0.717) is 6.04 Å². The van der Waals surface area contributed by atoms with Gasteiger partial charge in [0.2, 0.25) is 0 Å². The highest BCUT2D eigenvalue weighted by molar-refractivity contribution is 5.27. The molecule has 102 valence electrons. The maximum absolute atomic E-state index is 13.1. The Morgan fingerprint density at radius 1 is 1.39 bits per heavy atom. The molecule has 0 saturated heterocycles. The predicted octanol–water partition coefficient (Wildman–Crippen LogP) is 3.08. The van der Waals surface area contributed by atoms with E-state index >= 15 is 0 Å². The van der Waals surface area contributed by atoms with Crippen LogP contribution in [0.15, 0.2) is 18.2 Å². The number of aryl methyl sites for hydroxylation is 1. The molecule has 0 radical (unpaired) electrons. The number of ether oxygens (including phenoxy) is 1. The van der Waals surface area contributed by atoms with Crippen LogP contribution in [0.4, 0.5) is 4.39 Å². The van der Waals surface area contributed by atoms with Gasteiger partial charge in [0.05, 0.1) is 5.60 Å². The second kappa shape index (κ2) is 6.30. The van der Waals surface area contributed by atoms with Gasteiger partial charge in [0, 0.05) is 13.2 Å². The van der Waals surface area contributed by atoms with Crippen LogP contribution in [0.1, 0.15) is 31.4 Å². The second-order valence-corrected chi connectivity index (χ2v) is 5.43. The summed E-state index contributed by atoms with van der Waals surface area (Å²) in [5.74, 6) is -0.172. The molecule has 18 heavy (non-hydrogen) atoms. The van der Waals surface area contributed by atoms with E-state index in [9.17, 15) is 4.39 Å². The van der Waals surface area contributed by atoms with Crippen molar-refractivity contribution in [3.05, 3.63) is 35.1 Å². The molecule has 1 aromatic rings. The normalized spacial score (nSPS) is 13.7. The topological polar surface area (TPSA) is 21.3 Å². The van der Waals surface area contributed by atoms with Gasteiger partial charge in [-0.15, -0.1) is 0 Å². The summed E-state index contributed by atoms with van der Waals surface area (Å²) in [6.07, 6.45) is 1.80. The number of hydrogen-bond donors (Lipinski definition) is 1. The molecule has 3 heteroatoms. The molecule has 0 fully saturated rings. The van der Waals surface area contributed by atoms with Gasteiger partial charge in [-0.3, -0.25) is 0 Å². The largest absolute Gasteiger partial charge is 0.379 e. The van der Waals surface area contributed by atoms with Crippen molar-refractivity contribution < 1.29 is 9.13 Å². The van der Waals surface area contributed by atoms with Crippen LogP contribution < -0.4 is 5.32 Å². The summed E-state index contributed by atoms with van der Waals surface area (Å²) in [6, 6.07) is 5.30. The lowest BCUT2D eigenvalue weighted by Gasteiger charge is -2.28. The van der Waals surface area contributed by atoms with Crippen LogP contribution in [-0.2, 0) is 11.2 Å². The van der Waals surface area contributed by atoms with E-state index in [0.717, 1.165) is 18.4 Å². The number of benzene rings is 1. The minimum Gasteiger partial charge on any atom is -0.379 e. The monoisotopic (exact) mass is 253 g/mol. The number of methoxy groups -OCH3 is 1. The quantitative estimate of drug-likeness (QED) is 0.841. The van der Waals surface area contributed by atoms with Crippen molar-refractivity contribution in [1.29, 1.82) is 0 Å². The summed E-state index contributed by atoms with van der Waals surface area (Å²) in [4.78, 5) is 0. The Hall–Kier alpha value is -0.930. The third-order valence-corrected chi connectivity index (χ3v) is 3.47. The average molecular weight is 253 g/mol. The molecule has 0 spiro atoms. The molecule has 0 aromatic heterocycles. The fourth-order valence-electron chi connectivity index (χ4n) is 2.11. The summed E-state index contributed by atoms with van der Waals surface area (Å²) >= 11 is 0. The Balaban J connectivity index is 2.74. The van der Waals surface area contributed by atoms with Gasteiger partial charge in [-0.05, 0) is 63.9 Å². The van der Waals surface area contributed by atoms with Crippen LogP contribution in [0.5, 0.6) is 0 Å². The summed E-state index contributed by atoms with van der Waals surface area (Å²) < 4.78 is 18.5. The summed E-state index contributed by atoms with van der Waals surface area (Å²) in [5, 5.41) is 3.31. The van der Waals surface area contributed by atoms with Gasteiger partial charge in [-0.25, -0.2) is 4.39 Å². The molecule has 0 heterocycles. The van der Waals surface area contributed by atoms with Gasteiger partial charge in [-0.1, -0.05) is 6.07 Å². The van der Waals surface area contributed by atoms with Gasteiger partial charge < -0.3 is 10.1 Å². The van der Waals surface area contributed by atoms with Crippen molar-refractivity contribution in [3.63, 3.8) is 0 Å². The fraction of sp³-hybridized carbons (Fsp3) is 0.600. The van der Waals surface area contributed by atoms with Crippen molar-refractivity contribution in [1.82, 2.24) is 5.32 Å². The highest BCUT2D eigenvalue weighted by Gasteiger charge is 2.22. The Bertz CT molecular complexity index is 390. The molecule has 1 aromatic carbocycles. The lowest BCUT2D eigenvalue weighted by Crippen LogP contribution is -2.37. The first-order valence-electron chi connectivity index (χ1n) is 6.35. The first-order chi connectivity index (χ1) is 8.38. The zero-order valence-electron chi connectivity index (χ0n) is 12.0. The van der Waals surface area contributed by atoms with E-state index in [4.69, 9.17) is 4.74 Å². The first-order valence-corrected chi connectivity index (χ1v) is 6.35. The van der Waals surface area contributed by atoms with Crippen LogP contribution in [-0.4, -0.2) is 25.8 Å². The smallest absolute Gasteiger partial charge is 0.123 e. The molecule has 0 aliphatic rings. The molecular weight excluding hydrogens is 229 g/mol. The zero-order chi connectivity index (χ0) is 13.8. The fourth-order valence-corrected chi connectivity index (χ4v) is 2.11. The minimum absolute atomic E-state index is 0.151. The van der Waals surface area contributed by atoms with E-state index in [1.165, 1.54) is 11.6 Å². The van der Waals surface area contributed by atoms with Crippen LogP contribution in [0.3, 0.4) is 0 Å². The van der Waals surface area contributed by atoms with Gasteiger partial charge in [0.1, 0.15) is 5.82 Å². The van der Waals surface area contributed by atoms with Crippen LogP contribution >= 0.6 is 0 Å². The molecule has 1 rings (SSSR count). The van der Waals surface area contributed by atoms with E-state index in [2.05, 4.69) is 19.2 Å². The third-order valence-electron chi connectivity index (χ3n) is 3.47. The molecule has 1 atom stereocenters. The highest BCUT2D eigenvalue weighted by atomic mass is 19.1. The van der Waals surface area contributed by atoms with Crippen molar-refractivity contribution in [2.24, 2.45) is 0 Å². The van der Waals surface area contributed by atoms with Gasteiger partial charge in [-0.2, -0.15) is 0 Å². The lowest BCUT2D eigenvalue weighted by molar-refractivity contribution is 0.00771. The molecule has 2 nitrogen and oxygen atoms in total. The number of hydrogen-bond acceptors (Lipinski definition) is 2. The maximum atomic E-state index is 13.1. The van der Waals surface area contributed by atoms with Gasteiger partial charge in [0.15, 0.2) is 0 Å². The second-order valence-electron chi connectivity index (χ2n) is 5.43. The molecule has 0 aliphatic carbocycles. The summed E-state index contributed by atoms with van der Waals surface area (Å²) in [6.45, 7) is 6.11. The van der Waals surface area contributed by atoms with Crippen LogP contribution in [0.2, 0.25) is 0 Å². The van der Waals surface area contributed by atoms with Crippen LogP contribution in [0, 0.1) is 12.7 Å². The molecule has 1 N–H and O–H groups in total. The predicted molar refractivity (Wildman–Crippen MR) is 73.4 cm³/mol. The molecule has 0 amide bonds. The van der Waals surface area contributed by atoms with Crippen molar-refractivity contribution >= 4 is 0 Å². The average Bonchev–Trinajstić information content (AvgIpc) is 2.31. The Kier molecular flexibility index (Phi) is 5.29. The molecular formula is C15H24FNO.